The van der Waals surface area contributed by atoms with Gasteiger partial charge in [-0.1, -0.05) is 11.6 Å². The zero-order valence-corrected chi connectivity index (χ0v) is 26.0. The highest BCUT2D eigenvalue weighted by atomic mass is 35.5. The molecule has 4 aromatic rings. The van der Waals surface area contributed by atoms with Crippen molar-refractivity contribution < 1.29 is 53.9 Å². The number of halogens is 1. The molecule has 2 aromatic heterocycles. The average molecular weight is 672 g/mol. The van der Waals surface area contributed by atoms with Crippen molar-refractivity contribution in [3.8, 4) is 33.6 Å². The van der Waals surface area contributed by atoms with Crippen LogP contribution in [0.3, 0.4) is 0 Å². The van der Waals surface area contributed by atoms with Crippen LogP contribution in [0.4, 0.5) is 5.69 Å². The number of aromatic hydroxyl groups is 2. The van der Waals surface area contributed by atoms with Gasteiger partial charge in [-0.05, 0) is 31.0 Å². The minimum Gasteiger partial charge on any atom is -0.508 e. The van der Waals surface area contributed by atoms with E-state index in [1.54, 1.807) is 6.92 Å². The Morgan fingerprint density at radius 2 is 1.83 bits per heavy atom. The number of aryl methyl sites for hydroxylation is 1. The van der Waals surface area contributed by atoms with E-state index in [2.05, 4.69) is 10.3 Å². The zero-order valence-electron chi connectivity index (χ0n) is 24.5. The highest BCUT2D eigenvalue weighted by molar-refractivity contribution is 7.15. The largest absolute Gasteiger partial charge is 0.508 e. The molecule has 0 saturated heterocycles. The maximum absolute atomic E-state index is 13.0. The Labute approximate surface area is 270 Å². The van der Waals surface area contributed by atoms with Crippen molar-refractivity contribution in [1.82, 2.24) is 9.55 Å². The van der Waals surface area contributed by atoms with E-state index in [4.69, 9.17) is 30.5 Å². The van der Waals surface area contributed by atoms with Crippen LogP contribution < -0.4 is 20.3 Å². The first-order chi connectivity index (χ1) is 21.9. The van der Waals surface area contributed by atoms with E-state index in [0.717, 1.165) is 0 Å². The minimum atomic E-state index is -1.97. The van der Waals surface area contributed by atoms with Crippen LogP contribution >= 0.6 is 22.9 Å². The van der Waals surface area contributed by atoms with Gasteiger partial charge in [-0.15, -0.1) is 11.3 Å². The van der Waals surface area contributed by atoms with E-state index in [1.807, 2.05) is 0 Å². The number of benzene rings is 2. The van der Waals surface area contributed by atoms with Crippen molar-refractivity contribution in [3.63, 3.8) is 0 Å². The molecule has 6 rings (SSSR count). The maximum Gasteiger partial charge on any atom is 0.492 e. The van der Waals surface area contributed by atoms with Crippen molar-refractivity contribution in [1.29, 1.82) is 0 Å². The molecule has 17 heteroatoms. The molecule has 240 valence electrons. The standard InChI is InChI=1S/C29H27BClN3O11S/c1-11(19-20-21-23(44-28(20)42-2)24(22(19)30(40)41)45-29(21)43-3)34-9-14(27(38)39)15(10-34)32-18(37)7-6-17-25(31)33-26(46-17)13-5-4-12(35)8-16(13)36/h4-5,8-11,28-29,35-36,40-41H,6-7H2,1-3H3,(H,32,37)(H,38,39). The van der Waals surface area contributed by atoms with Gasteiger partial charge in [0.25, 0.3) is 0 Å². The lowest BCUT2D eigenvalue weighted by Gasteiger charge is -2.21. The van der Waals surface area contributed by atoms with Crippen molar-refractivity contribution in [2.75, 3.05) is 19.5 Å². The zero-order chi connectivity index (χ0) is 33.0. The van der Waals surface area contributed by atoms with Crippen LogP contribution in [0, 0.1) is 0 Å². The molecule has 0 fully saturated rings. The molecule has 0 spiro atoms. The number of rotatable bonds is 11. The lowest BCUT2D eigenvalue weighted by atomic mass is 9.72. The molecule has 46 heavy (non-hydrogen) atoms. The molecule has 0 radical (unpaired) electrons. The minimum absolute atomic E-state index is 0.0227. The third-order valence-corrected chi connectivity index (χ3v) is 9.40. The van der Waals surface area contributed by atoms with Crippen LogP contribution in [0.1, 0.15) is 63.9 Å². The highest BCUT2D eigenvalue weighted by Crippen LogP contribution is 2.56. The van der Waals surface area contributed by atoms with Gasteiger partial charge in [-0.25, -0.2) is 9.78 Å². The van der Waals surface area contributed by atoms with Crippen molar-refractivity contribution >= 4 is 53.1 Å². The number of carbonyl (C=O) groups is 2. The van der Waals surface area contributed by atoms with Gasteiger partial charge in [-0.3, -0.25) is 4.79 Å². The quantitative estimate of drug-likeness (QED) is 0.127. The second-order valence-corrected chi connectivity index (χ2v) is 12.0. The van der Waals surface area contributed by atoms with Crippen LogP contribution in [-0.4, -0.2) is 68.1 Å². The fourth-order valence-corrected chi connectivity index (χ4v) is 7.06. The van der Waals surface area contributed by atoms with Crippen molar-refractivity contribution in [3.05, 3.63) is 62.9 Å². The number of aromatic nitrogens is 2. The maximum atomic E-state index is 13.0. The number of phenolic OH excluding ortho intramolecular Hbond substituents is 2. The molecule has 2 aliphatic rings. The summed E-state index contributed by atoms with van der Waals surface area (Å²) in [6, 6.07) is 3.37. The number of nitrogens with one attached hydrogen (secondary N) is 1. The molecule has 0 saturated carbocycles. The Morgan fingerprint density at radius 1 is 1.13 bits per heavy atom. The molecule has 0 aliphatic carbocycles. The predicted octanol–water partition coefficient (Wildman–Crippen LogP) is 3.31. The molecule has 1 amide bonds. The molecule has 4 heterocycles. The van der Waals surface area contributed by atoms with Gasteiger partial charge >= 0.3 is 13.1 Å². The first-order valence-electron chi connectivity index (χ1n) is 13.8. The summed E-state index contributed by atoms with van der Waals surface area (Å²) in [4.78, 5) is 30.1. The monoisotopic (exact) mass is 671 g/mol. The smallest absolute Gasteiger partial charge is 0.492 e. The van der Waals surface area contributed by atoms with E-state index in [-0.39, 0.29) is 57.7 Å². The van der Waals surface area contributed by atoms with E-state index in [0.29, 0.717) is 32.1 Å². The summed E-state index contributed by atoms with van der Waals surface area (Å²) < 4.78 is 24.2. The summed E-state index contributed by atoms with van der Waals surface area (Å²) in [5, 5.41) is 53.7. The van der Waals surface area contributed by atoms with Crippen LogP contribution in [0.25, 0.3) is 10.6 Å². The third-order valence-electron chi connectivity index (χ3n) is 7.83. The molecule has 4 bridgehead atoms. The number of ether oxygens (including phenoxy) is 4. The number of carboxylic acids is 1. The first kappa shape index (κ1) is 31.7. The molecule has 2 aliphatic heterocycles. The lowest BCUT2D eigenvalue weighted by molar-refractivity contribution is -0.116. The first-order valence-corrected chi connectivity index (χ1v) is 15.0. The van der Waals surface area contributed by atoms with Gasteiger partial charge in [0.1, 0.15) is 27.2 Å². The van der Waals surface area contributed by atoms with E-state index in [1.165, 1.54) is 60.7 Å². The molecular formula is C29H27BClN3O11S. The number of nitrogens with zero attached hydrogens (tertiary/aromatic N) is 2. The van der Waals surface area contributed by atoms with Crippen LogP contribution in [-0.2, 0) is 20.7 Å². The topological polar surface area (TPSA) is 202 Å². The van der Waals surface area contributed by atoms with Crippen LogP contribution in [0.2, 0.25) is 5.15 Å². The van der Waals surface area contributed by atoms with E-state index >= 15 is 0 Å². The number of carboxylic acid groups (broad SMARTS) is 1. The van der Waals surface area contributed by atoms with Gasteiger partial charge in [0.15, 0.2) is 11.5 Å². The number of thiazole rings is 1. The summed E-state index contributed by atoms with van der Waals surface area (Å²) in [6.07, 6.45) is 1.11. The normalized spacial score (nSPS) is 16.7. The van der Waals surface area contributed by atoms with Gasteiger partial charge in [-0.2, -0.15) is 0 Å². The Bertz CT molecular complexity index is 1880. The molecule has 14 nitrogen and oxygen atoms in total. The number of aromatic carboxylic acids is 1. The SMILES string of the molecule is COC1Oc2c3c1c(c(C(C)n1cc(NC(=O)CCc4sc(-c5ccc(O)cc5O)nc4Cl)c(C(=O)O)c1)c2B(O)O)C(OC)O3. The number of hydrogen-bond donors (Lipinski definition) is 6. The number of amides is 1. The number of methoxy groups -OCH3 is 2. The molecular weight excluding hydrogens is 645 g/mol. The van der Waals surface area contributed by atoms with Crippen LogP contribution in [0.5, 0.6) is 23.0 Å². The molecule has 2 aromatic carbocycles. The number of phenols is 2. The summed E-state index contributed by atoms with van der Waals surface area (Å²) in [6.45, 7) is 1.72. The summed E-state index contributed by atoms with van der Waals surface area (Å²) in [5.41, 5.74) is 1.62. The molecule has 6 N–H and O–H groups in total. The van der Waals surface area contributed by atoms with E-state index in [9.17, 15) is 35.0 Å². The third kappa shape index (κ3) is 5.32. The average Bonchev–Trinajstić information content (AvgIpc) is 3.73. The number of carbonyl (C=O) groups excluding carboxylic acids is 1. The number of hydrogen-bond acceptors (Lipinski definition) is 12. The molecule has 3 atom stereocenters. The van der Waals surface area contributed by atoms with Crippen molar-refractivity contribution in [2.24, 2.45) is 0 Å². The second kappa shape index (κ2) is 12.1. The summed E-state index contributed by atoms with van der Waals surface area (Å²) in [5.74, 6) is -1.70. The lowest BCUT2D eigenvalue weighted by Crippen LogP contribution is -2.36. The second-order valence-electron chi connectivity index (χ2n) is 10.6. The molecule has 3 unspecified atom stereocenters. The Balaban J connectivity index is 1.26. The Kier molecular flexibility index (Phi) is 8.35. The predicted molar refractivity (Wildman–Crippen MR) is 165 cm³/mol. The van der Waals surface area contributed by atoms with Gasteiger partial charge in [0.05, 0.1) is 22.9 Å². The summed E-state index contributed by atoms with van der Waals surface area (Å²) in [7, 11) is 0.891. The van der Waals surface area contributed by atoms with Crippen LogP contribution in [0.15, 0.2) is 30.6 Å². The Hall–Kier alpha value is -4.32. The van der Waals surface area contributed by atoms with E-state index < -0.39 is 37.6 Å². The fourth-order valence-electron chi connectivity index (χ4n) is 5.73. The Morgan fingerprint density at radius 3 is 2.48 bits per heavy atom. The number of anilines is 1. The fraction of sp³-hybridized carbons (Fsp3) is 0.276. The van der Waals surface area contributed by atoms with Gasteiger partial charge in [0, 0.05) is 55.0 Å². The van der Waals surface area contributed by atoms with Gasteiger partial charge in [0.2, 0.25) is 18.5 Å². The van der Waals surface area contributed by atoms with Gasteiger partial charge < -0.3 is 54.2 Å². The highest BCUT2D eigenvalue weighted by Gasteiger charge is 2.49. The van der Waals surface area contributed by atoms with Crippen molar-refractivity contribution in [2.45, 2.75) is 38.4 Å². The summed E-state index contributed by atoms with van der Waals surface area (Å²) >= 11 is 7.47.